The van der Waals surface area contributed by atoms with E-state index < -0.39 is 0 Å². The van der Waals surface area contributed by atoms with Gasteiger partial charge in [0.15, 0.2) is 0 Å². The maximum atomic E-state index is 6.25. The minimum absolute atomic E-state index is 0.0416. The van der Waals surface area contributed by atoms with Crippen LogP contribution in [-0.4, -0.2) is 6.54 Å². The molecule has 1 N–H and O–H groups in total. The van der Waals surface area contributed by atoms with E-state index in [4.69, 9.17) is 27.6 Å². The van der Waals surface area contributed by atoms with Crippen molar-refractivity contribution in [3.05, 3.63) is 44.0 Å². The molecule has 2 rings (SSSR count). The van der Waals surface area contributed by atoms with E-state index >= 15 is 0 Å². The van der Waals surface area contributed by atoms with Gasteiger partial charge in [-0.25, -0.2) is 0 Å². The van der Waals surface area contributed by atoms with Gasteiger partial charge < -0.3 is 9.73 Å². The lowest BCUT2D eigenvalue weighted by Gasteiger charge is -2.17. The summed E-state index contributed by atoms with van der Waals surface area (Å²) in [4.78, 5) is 0. The molecule has 0 bridgehead atoms. The molecule has 0 aliphatic rings. The van der Waals surface area contributed by atoms with Gasteiger partial charge in [0.1, 0.15) is 5.76 Å². The third kappa shape index (κ3) is 2.75. The van der Waals surface area contributed by atoms with Crippen molar-refractivity contribution in [3.63, 3.8) is 0 Å². The summed E-state index contributed by atoms with van der Waals surface area (Å²) in [6.07, 6.45) is 2.58. The van der Waals surface area contributed by atoms with Crippen molar-refractivity contribution in [1.29, 1.82) is 0 Å². The summed E-state index contributed by atoms with van der Waals surface area (Å²) in [5.41, 5.74) is 2.15. The first-order chi connectivity index (χ1) is 8.67. The van der Waals surface area contributed by atoms with Gasteiger partial charge in [-0.2, -0.15) is 0 Å². The van der Waals surface area contributed by atoms with Gasteiger partial charge in [-0.3, -0.25) is 0 Å². The zero-order valence-electron chi connectivity index (χ0n) is 10.3. The monoisotopic (exact) mass is 303 g/mol. The first-order valence-corrected chi connectivity index (χ1v) is 7.49. The molecule has 0 saturated heterocycles. The Morgan fingerprint density at radius 1 is 1.33 bits per heavy atom. The molecule has 2 nitrogen and oxygen atoms in total. The van der Waals surface area contributed by atoms with Crippen LogP contribution in [0.15, 0.2) is 22.8 Å². The van der Waals surface area contributed by atoms with Crippen molar-refractivity contribution >= 4 is 34.5 Å². The number of furan rings is 1. The first-order valence-electron chi connectivity index (χ1n) is 5.91. The average molecular weight is 304 g/mol. The number of hydrogen-bond acceptors (Lipinski definition) is 3. The standard InChI is InChI=1S/C13H15Cl2NOS/c1-3-10-8(5-6-17-10)12(16-4-2)9-7-11(14)18-13(9)15/h5-7,12,16H,3-4H2,1-2H3. The van der Waals surface area contributed by atoms with Crippen LogP contribution in [0, 0.1) is 0 Å². The second kappa shape index (κ2) is 6.11. The maximum Gasteiger partial charge on any atom is 0.108 e. The summed E-state index contributed by atoms with van der Waals surface area (Å²) < 4.78 is 6.94. The zero-order chi connectivity index (χ0) is 13.1. The topological polar surface area (TPSA) is 25.2 Å². The summed E-state index contributed by atoms with van der Waals surface area (Å²) in [5.74, 6) is 0.985. The van der Waals surface area contributed by atoms with Crippen molar-refractivity contribution in [2.45, 2.75) is 26.3 Å². The van der Waals surface area contributed by atoms with Gasteiger partial charge >= 0.3 is 0 Å². The van der Waals surface area contributed by atoms with Gasteiger partial charge in [-0.1, -0.05) is 37.0 Å². The fraction of sp³-hybridized carbons (Fsp3) is 0.385. The summed E-state index contributed by atoms with van der Waals surface area (Å²) in [6, 6.07) is 3.96. The van der Waals surface area contributed by atoms with E-state index in [0.717, 1.165) is 34.2 Å². The van der Waals surface area contributed by atoms with E-state index in [0.29, 0.717) is 4.34 Å². The summed E-state index contributed by atoms with van der Waals surface area (Å²) in [5, 5.41) is 3.43. The van der Waals surface area contributed by atoms with Gasteiger partial charge in [0.05, 0.1) is 21.0 Å². The minimum atomic E-state index is 0.0416. The number of halogens is 2. The van der Waals surface area contributed by atoms with Crippen LogP contribution in [-0.2, 0) is 6.42 Å². The van der Waals surface area contributed by atoms with Crippen molar-refractivity contribution in [3.8, 4) is 0 Å². The summed E-state index contributed by atoms with van der Waals surface area (Å²) in [6.45, 7) is 5.00. The van der Waals surface area contributed by atoms with Crippen molar-refractivity contribution in [1.82, 2.24) is 5.32 Å². The number of hydrogen-bond donors (Lipinski definition) is 1. The number of aryl methyl sites for hydroxylation is 1. The van der Waals surface area contributed by atoms with E-state index in [1.807, 2.05) is 12.1 Å². The van der Waals surface area contributed by atoms with Crippen LogP contribution in [0.5, 0.6) is 0 Å². The molecule has 18 heavy (non-hydrogen) atoms. The number of rotatable bonds is 5. The molecule has 1 atom stereocenters. The lowest BCUT2D eigenvalue weighted by molar-refractivity contribution is 0.502. The predicted octanol–water partition coefficient (Wildman–Crippen LogP) is 4.91. The molecule has 98 valence electrons. The SMILES string of the molecule is CCNC(c1ccoc1CC)c1cc(Cl)sc1Cl. The van der Waals surface area contributed by atoms with Crippen LogP contribution >= 0.6 is 34.5 Å². The Morgan fingerprint density at radius 3 is 2.67 bits per heavy atom. The molecule has 0 spiro atoms. The summed E-state index contributed by atoms with van der Waals surface area (Å²) >= 11 is 13.7. The molecule has 0 aliphatic heterocycles. The van der Waals surface area contributed by atoms with Crippen LogP contribution in [0.4, 0.5) is 0 Å². The number of thiophene rings is 1. The smallest absolute Gasteiger partial charge is 0.108 e. The lowest BCUT2D eigenvalue weighted by atomic mass is 10.0. The molecule has 5 heteroatoms. The minimum Gasteiger partial charge on any atom is -0.469 e. The van der Waals surface area contributed by atoms with Gasteiger partial charge in [0, 0.05) is 17.5 Å². The van der Waals surface area contributed by atoms with Crippen LogP contribution in [0.1, 0.15) is 36.8 Å². The van der Waals surface area contributed by atoms with E-state index in [-0.39, 0.29) is 6.04 Å². The highest BCUT2D eigenvalue weighted by Crippen LogP contribution is 2.38. The van der Waals surface area contributed by atoms with Crippen LogP contribution < -0.4 is 5.32 Å². The fourth-order valence-electron chi connectivity index (χ4n) is 2.04. The molecule has 2 heterocycles. The Balaban J connectivity index is 2.42. The molecule has 0 aliphatic carbocycles. The van der Waals surface area contributed by atoms with Gasteiger partial charge in [0.2, 0.25) is 0 Å². The lowest BCUT2D eigenvalue weighted by Crippen LogP contribution is -2.22. The molecule has 2 aromatic rings. The van der Waals surface area contributed by atoms with Crippen LogP contribution in [0.2, 0.25) is 8.67 Å². The first kappa shape index (κ1) is 13.9. The molecular formula is C13H15Cl2NOS. The van der Waals surface area contributed by atoms with Crippen LogP contribution in [0.3, 0.4) is 0 Å². The number of nitrogens with one attached hydrogen (secondary N) is 1. The van der Waals surface area contributed by atoms with E-state index in [1.54, 1.807) is 6.26 Å². The van der Waals surface area contributed by atoms with E-state index in [2.05, 4.69) is 19.2 Å². The quantitative estimate of drug-likeness (QED) is 0.849. The Hall–Kier alpha value is -0.480. The molecule has 0 aromatic carbocycles. The highest BCUT2D eigenvalue weighted by molar-refractivity contribution is 7.20. The van der Waals surface area contributed by atoms with E-state index in [1.165, 1.54) is 11.3 Å². The van der Waals surface area contributed by atoms with Gasteiger partial charge in [0.25, 0.3) is 0 Å². The maximum absolute atomic E-state index is 6.25. The molecule has 1 unspecified atom stereocenters. The Kier molecular flexibility index (Phi) is 4.73. The second-order valence-electron chi connectivity index (χ2n) is 3.92. The Bertz CT molecular complexity index is 521. The molecule has 0 fully saturated rings. The van der Waals surface area contributed by atoms with Gasteiger partial charge in [-0.15, -0.1) is 11.3 Å². The molecule has 0 amide bonds. The van der Waals surface area contributed by atoms with Crippen molar-refractivity contribution in [2.24, 2.45) is 0 Å². The van der Waals surface area contributed by atoms with E-state index in [9.17, 15) is 0 Å². The zero-order valence-corrected chi connectivity index (χ0v) is 12.6. The van der Waals surface area contributed by atoms with Gasteiger partial charge in [-0.05, 0) is 18.7 Å². The van der Waals surface area contributed by atoms with Crippen LogP contribution in [0.25, 0.3) is 0 Å². The Labute approximate surface area is 121 Å². The molecule has 0 saturated carbocycles. The fourth-order valence-corrected chi connectivity index (χ4v) is 3.57. The van der Waals surface area contributed by atoms with Crippen molar-refractivity contribution in [2.75, 3.05) is 6.54 Å². The second-order valence-corrected chi connectivity index (χ2v) is 6.21. The third-order valence-electron chi connectivity index (χ3n) is 2.81. The van der Waals surface area contributed by atoms with Crippen molar-refractivity contribution < 1.29 is 4.42 Å². The highest BCUT2D eigenvalue weighted by Gasteiger charge is 2.22. The largest absolute Gasteiger partial charge is 0.469 e. The third-order valence-corrected chi connectivity index (χ3v) is 4.33. The molecule has 2 aromatic heterocycles. The Morgan fingerprint density at radius 2 is 2.11 bits per heavy atom. The predicted molar refractivity (Wildman–Crippen MR) is 77.9 cm³/mol. The molecule has 0 radical (unpaired) electrons. The summed E-state index contributed by atoms with van der Waals surface area (Å²) in [7, 11) is 0. The highest BCUT2D eigenvalue weighted by atomic mass is 35.5. The average Bonchev–Trinajstić information content (AvgIpc) is 2.92. The molecular weight excluding hydrogens is 289 g/mol. The normalized spacial score (nSPS) is 12.9.